The maximum Gasteiger partial charge on any atom is 0.307 e. The molecule has 0 atom stereocenters. The number of ether oxygens (including phenoxy) is 1. The Morgan fingerprint density at radius 1 is 1.00 bits per heavy atom. The van der Waals surface area contributed by atoms with Crippen molar-refractivity contribution < 1.29 is 19.1 Å². The van der Waals surface area contributed by atoms with Gasteiger partial charge in [0.05, 0.1) is 36.5 Å². The van der Waals surface area contributed by atoms with E-state index in [1.54, 1.807) is 19.9 Å². The van der Waals surface area contributed by atoms with E-state index in [2.05, 4.69) is 15.3 Å². The molecule has 0 aliphatic heterocycles. The highest BCUT2D eigenvalue weighted by atomic mass is 35.5. The fraction of sp³-hybridized carbons (Fsp3) is 0.269. The maximum absolute atomic E-state index is 12.2. The van der Waals surface area contributed by atoms with Crippen molar-refractivity contribution >= 4 is 29.4 Å². The summed E-state index contributed by atoms with van der Waals surface area (Å²) < 4.78 is 4.84. The van der Waals surface area contributed by atoms with Crippen LogP contribution >= 0.6 is 11.6 Å². The Morgan fingerprint density at radius 2 is 1.69 bits per heavy atom. The van der Waals surface area contributed by atoms with Gasteiger partial charge in [0.15, 0.2) is 0 Å². The molecule has 0 aliphatic rings. The third-order valence-electron chi connectivity index (χ3n) is 5.30. The molecular weight excluding hydrogens is 468 g/mol. The number of esters is 1. The van der Waals surface area contributed by atoms with E-state index >= 15 is 0 Å². The van der Waals surface area contributed by atoms with Crippen molar-refractivity contribution in [2.75, 3.05) is 13.2 Å². The summed E-state index contributed by atoms with van der Waals surface area (Å²) in [6.45, 7) is 5.80. The van der Waals surface area contributed by atoms with Crippen molar-refractivity contribution in [3.05, 3.63) is 70.1 Å². The van der Waals surface area contributed by atoms with Crippen LogP contribution in [0.4, 0.5) is 0 Å². The summed E-state index contributed by atoms with van der Waals surface area (Å²) in [5.74, 6) is -1.16. The monoisotopic (exact) mass is 494 g/mol. The lowest BCUT2D eigenvalue weighted by atomic mass is 10.00. The molecule has 0 fully saturated rings. The molecule has 8 nitrogen and oxygen atoms in total. The van der Waals surface area contributed by atoms with Crippen molar-refractivity contribution in [3.63, 3.8) is 0 Å². The van der Waals surface area contributed by atoms with Gasteiger partial charge in [0.25, 0.3) is 5.91 Å². The topological polar surface area (TPSA) is 124 Å². The van der Waals surface area contributed by atoms with Gasteiger partial charge < -0.3 is 15.8 Å². The zero-order valence-electron chi connectivity index (χ0n) is 19.9. The molecular formula is C26H27ClN4O4. The first-order chi connectivity index (χ1) is 16.7. The molecule has 0 saturated heterocycles. The Hall–Kier alpha value is -3.78. The van der Waals surface area contributed by atoms with Crippen LogP contribution in [0.2, 0.25) is 5.02 Å². The first kappa shape index (κ1) is 25.8. The van der Waals surface area contributed by atoms with Gasteiger partial charge in [-0.1, -0.05) is 48.0 Å². The second-order valence-corrected chi connectivity index (χ2v) is 8.34. The number of nitrogens with zero attached hydrogens (tertiary/aromatic N) is 2. The summed E-state index contributed by atoms with van der Waals surface area (Å²) in [6, 6.07) is 13.0. The van der Waals surface area contributed by atoms with Crippen LogP contribution in [0.25, 0.3) is 22.4 Å². The maximum atomic E-state index is 12.2. The number of hydrogen-bond acceptors (Lipinski definition) is 6. The van der Waals surface area contributed by atoms with Crippen LogP contribution in [0.1, 0.15) is 40.8 Å². The zero-order valence-corrected chi connectivity index (χ0v) is 20.6. The number of benzene rings is 2. The number of nitrogens with one attached hydrogen (secondary N) is 1. The summed E-state index contributed by atoms with van der Waals surface area (Å²) >= 11 is 6.52. The molecule has 0 aliphatic carbocycles. The van der Waals surface area contributed by atoms with Crippen molar-refractivity contribution in [3.8, 4) is 22.4 Å². The van der Waals surface area contributed by atoms with E-state index in [0.29, 0.717) is 28.7 Å². The number of amides is 2. The Bertz CT molecular complexity index is 1260. The summed E-state index contributed by atoms with van der Waals surface area (Å²) in [4.78, 5) is 44.0. The largest absolute Gasteiger partial charge is 0.466 e. The van der Waals surface area contributed by atoms with E-state index in [0.717, 1.165) is 22.3 Å². The molecule has 182 valence electrons. The molecule has 3 rings (SSSR count). The second-order valence-electron chi connectivity index (χ2n) is 7.93. The predicted molar refractivity (Wildman–Crippen MR) is 134 cm³/mol. The molecule has 0 bridgehead atoms. The highest BCUT2D eigenvalue weighted by Gasteiger charge is 2.15. The van der Waals surface area contributed by atoms with E-state index < -0.39 is 5.91 Å². The lowest BCUT2D eigenvalue weighted by molar-refractivity contribution is -0.143. The molecule has 0 unspecified atom stereocenters. The molecule has 9 heteroatoms. The Balaban J connectivity index is 1.70. The Morgan fingerprint density at radius 3 is 2.31 bits per heavy atom. The number of primary amides is 1. The third kappa shape index (κ3) is 6.64. The third-order valence-corrected chi connectivity index (χ3v) is 5.61. The number of nitrogens with two attached hydrogens (primary N) is 1. The van der Waals surface area contributed by atoms with Crippen LogP contribution in [0.15, 0.2) is 42.5 Å². The van der Waals surface area contributed by atoms with Crippen LogP contribution in [0.3, 0.4) is 0 Å². The quantitative estimate of drug-likeness (QED) is 0.436. The molecule has 3 N–H and O–H groups in total. The van der Waals surface area contributed by atoms with Crippen LogP contribution in [0, 0.1) is 13.8 Å². The lowest BCUT2D eigenvalue weighted by Crippen LogP contribution is -2.27. The van der Waals surface area contributed by atoms with Crippen LogP contribution in [-0.4, -0.2) is 40.9 Å². The number of carbonyl (C=O) groups is 3. The fourth-order valence-corrected chi connectivity index (χ4v) is 3.95. The molecule has 0 spiro atoms. The van der Waals surface area contributed by atoms with E-state index in [9.17, 15) is 14.4 Å². The minimum absolute atomic E-state index is 0.132. The van der Waals surface area contributed by atoms with Gasteiger partial charge in [-0.25, -0.2) is 4.98 Å². The second kappa shape index (κ2) is 11.6. The normalized spacial score (nSPS) is 10.6. The number of halogens is 1. The predicted octanol–water partition coefficient (Wildman–Crippen LogP) is 3.79. The first-order valence-electron chi connectivity index (χ1n) is 11.2. The number of aromatic nitrogens is 2. The molecule has 1 aromatic heterocycles. The van der Waals surface area contributed by atoms with Gasteiger partial charge in [-0.2, -0.15) is 0 Å². The fourth-order valence-electron chi connectivity index (χ4n) is 3.63. The smallest absolute Gasteiger partial charge is 0.307 e. The Kier molecular flexibility index (Phi) is 8.54. The van der Waals surface area contributed by atoms with Crippen LogP contribution < -0.4 is 11.1 Å². The van der Waals surface area contributed by atoms with Crippen LogP contribution in [0.5, 0.6) is 0 Å². The number of hydrogen-bond donors (Lipinski definition) is 2. The van der Waals surface area contributed by atoms with Crippen molar-refractivity contribution in [2.45, 2.75) is 33.6 Å². The number of aryl methyl sites for hydroxylation is 2. The summed E-state index contributed by atoms with van der Waals surface area (Å²) in [6.07, 6.45) is 0.280. The molecule has 3 aromatic rings. The van der Waals surface area contributed by atoms with Gasteiger partial charge in [0, 0.05) is 22.7 Å². The summed E-state index contributed by atoms with van der Waals surface area (Å²) in [5.41, 5.74) is 10.6. The summed E-state index contributed by atoms with van der Waals surface area (Å²) in [5, 5.41) is 3.22. The van der Waals surface area contributed by atoms with Gasteiger partial charge in [-0.15, -0.1) is 0 Å². The van der Waals surface area contributed by atoms with Gasteiger partial charge in [-0.3, -0.25) is 19.4 Å². The highest BCUT2D eigenvalue weighted by Crippen LogP contribution is 2.31. The minimum atomic E-state index is -0.618. The van der Waals surface area contributed by atoms with Gasteiger partial charge >= 0.3 is 5.97 Å². The van der Waals surface area contributed by atoms with Gasteiger partial charge in [0.1, 0.15) is 5.69 Å². The van der Waals surface area contributed by atoms with Crippen molar-refractivity contribution in [2.24, 2.45) is 5.73 Å². The average Bonchev–Trinajstić information content (AvgIpc) is 2.79. The van der Waals surface area contributed by atoms with Crippen molar-refractivity contribution in [1.82, 2.24) is 15.3 Å². The van der Waals surface area contributed by atoms with Crippen molar-refractivity contribution in [1.29, 1.82) is 0 Å². The molecule has 35 heavy (non-hydrogen) atoms. The summed E-state index contributed by atoms with van der Waals surface area (Å²) in [7, 11) is 0. The van der Waals surface area contributed by atoms with E-state index in [-0.39, 0.29) is 37.0 Å². The van der Waals surface area contributed by atoms with E-state index in [1.165, 1.54) is 0 Å². The van der Waals surface area contributed by atoms with E-state index in [4.69, 9.17) is 22.1 Å². The Labute approximate surface area is 208 Å². The van der Waals surface area contributed by atoms with Gasteiger partial charge in [-0.05, 0) is 38.0 Å². The molecule has 2 amide bonds. The van der Waals surface area contributed by atoms with E-state index in [1.807, 2.05) is 43.3 Å². The average molecular weight is 495 g/mol. The van der Waals surface area contributed by atoms with Gasteiger partial charge in [0.2, 0.25) is 5.91 Å². The lowest BCUT2D eigenvalue weighted by Gasteiger charge is -2.11. The molecule has 1 heterocycles. The van der Waals surface area contributed by atoms with Crippen LogP contribution in [-0.2, 0) is 20.7 Å². The SMILES string of the molecule is CCOC(=O)CCNC(=O)Cc1ccc(-c2ccc(-c3nc(C(N)=O)c(C)nc3C)cc2)c(Cl)c1. The number of rotatable bonds is 9. The first-order valence-corrected chi connectivity index (χ1v) is 11.5. The minimum Gasteiger partial charge on any atom is -0.466 e. The molecule has 2 aromatic carbocycles. The standard InChI is InChI=1S/C26H27ClN4O4/c1-4-35-23(33)11-12-29-22(32)14-17-5-10-20(21(27)13-17)18-6-8-19(9-7-18)24-15(2)30-16(3)25(31-24)26(28)34/h5-10,13H,4,11-12,14H2,1-3H3,(H2,28,34)(H,29,32). The molecule has 0 radical (unpaired) electrons. The zero-order chi connectivity index (χ0) is 25.5. The molecule has 0 saturated carbocycles. The number of carbonyl (C=O) groups excluding carboxylic acids is 3. The highest BCUT2D eigenvalue weighted by molar-refractivity contribution is 6.33.